The number of Topliss-reactive ketones (excluding diaryl/α,β-unsaturated/α-hetero) is 1. The highest BCUT2D eigenvalue weighted by Gasteiger charge is 2.75. The molecule has 0 aromatic carbocycles. The van der Waals surface area contributed by atoms with Gasteiger partial charge in [0.25, 0.3) is 0 Å². The summed E-state index contributed by atoms with van der Waals surface area (Å²) in [6, 6.07) is 0. The molecule has 0 aliphatic heterocycles. The zero-order chi connectivity index (χ0) is 27.1. The van der Waals surface area contributed by atoms with Crippen molar-refractivity contribution >= 4 is 17.5 Å². The van der Waals surface area contributed by atoms with Crippen LogP contribution in [0.25, 0.3) is 0 Å². The number of carbonyl (C=O) groups excluding carboxylic acids is 2. The molecule has 0 radical (unpaired) electrons. The van der Waals surface area contributed by atoms with Crippen molar-refractivity contribution in [2.24, 2.45) is 28.6 Å². The molecule has 0 aromatic rings. The Balaban J connectivity index is 0.000000392. The summed E-state index contributed by atoms with van der Waals surface area (Å²) in [6.45, 7) is 6.54. The van der Waals surface area contributed by atoms with E-state index in [0.717, 1.165) is 19.3 Å². The first kappa shape index (κ1) is 28.7. The normalized spacial score (nSPS) is 42.9. The third kappa shape index (κ3) is 4.09. The molecule has 8 heteroatoms. The van der Waals surface area contributed by atoms with E-state index in [1.54, 1.807) is 26.8 Å². The van der Waals surface area contributed by atoms with Gasteiger partial charge in [-0.15, -0.1) is 0 Å². The lowest BCUT2D eigenvalue weighted by Gasteiger charge is -2.62. The van der Waals surface area contributed by atoms with E-state index < -0.39 is 58.4 Å². The minimum absolute atomic E-state index is 0.0676. The average molecular weight is 509 g/mol. The van der Waals surface area contributed by atoms with Crippen LogP contribution >= 0.6 is 0 Å². The number of fused-ring (bicyclic) bond motifs is 5. The summed E-state index contributed by atoms with van der Waals surface area (Å²) in [5.41, 5.74) is -5.17. The zero-order valence-electron chi connectivity index (χ0n) is 21.8. The number of aliphatic hydroxyl groups excluding tert-OH is 2. The van der Waals surface area contributed by atoms with Crippen LogP contribution in [0, 0.1) is 28.6 Å². The summed E-state index contributed by atoms with van der Waals surface area (Å²) in [5, 5.41) is 40.1. The number of unbranched alkanes of at least 4 members (excludes halogenated alkanes) is 2. The second-order valence-corrected chi connectivity index (χ2v) is 11.6. The van der Waals surface area contributed by atoms with Crippen LogP contribution in [-0.4, -0.2) is 61.9 Å². The Morgan fingerprint density at radius 1 is 1.19 bits per heavy atom. The van der Waals surface area contributed by atoms with E-state index in [1.807, 2.05) is 0 Å². The molecule has 0 saturated heterocycles. The Labute approximate surface area is 212 Å². The Bertz CT molecular complexity index is 960. The smallest absolute Gasteiger partial charge is 0.303 e. The number of aliphatic carboxylic acids is 1. The van der Waals surface area contributed by atoms with Gasteiger partial charge in [-0.2, -0.15) is 0 Å². The van der Waals surface area contributed by atoms with Gasteiger partial charge in [0, 0.05) is 23.2 Å². The highest BCUT2D eigenvalue weighted by atomic mass is 19.1. The summed E-state index contributed by atoms with van der Waals surface area (Å²) in [7, 11) is 0. The molecule has 4 rings (SSSR count). The second-order valence-electron chi connectivity index (χ2n) is 11.6. The minimum Gasteiger partial charge on any atom is -0.481 e. The van der Waals surface area contributed by atoms with Crippen LogP contribution < -0.4 is 0 Å². The topological polar surface area (TPSA) is 132 Å². The van der Waals surface area contributed by atoms with Crippen LogP contribution in [0.15, 0.2) is 23.8 Å². The van der Waals surface area contributed by atoms with Crippen LogP contribution in [0.4, 0.5) is 4.39 Å². The van der Waals surface area contributed by atoms with Crippen LogP contribution in [0.2, 0.25) is 0 Å². The summed E-state index contributed by atoms with van der Waals surface area (Å²) in [5.74, 6) is -2.80. The minimum atomic E-state index is -1.98. The molecule has 4 aliphatic carbocycles. The SMILES string of the molecule is CCCCCC(=O)O.C[C@@H]1C[C@H]2[C@@H]3CCC4=CC(=O)C=C[C@]4(C)[C@@]3(F)[C@@H](O)C[C@]2(C)[C@@]1(O)C(=O)CO. The van der Waals surface area contributed by atoms with Crippen LogP contribution in [0.5, 0.6) is 0 Å². The summed E-state index contributed by atoms with van der Waals surface area (Å²) in [4.78, 5) is 34.3. The van der Waals surface area contributed by atoms with Gasteiger partial charge < -0.3 is 20.4 Å². The van der Waals surface area contributed by atoms with Gasteiger partial charge in [0.05, 0.1) is 6.10 Å². The molecule has 7 nitrogen and oxygen atoms in total. The molecule has 0 amide bonds. The lowest BCUT2D eigenvalue weighted by Crippen LogP contribution is -2.69. The Morgan fingerprint density at radius 2 is 1.86 bits per heavy atom. The van der Waals surface area contributed by atoms with Crippen molar-refractivity contribution in [2.75, 3.05) is 6.61 Å². The fraction of sp³-hybridized carbons (Fsp3) is 0.750. The molecule has 0 spiro atoms. The standard InChI is InChI=1S/C22H29FO5.C6H12O2/c1-12-8-16-15-5-4-13-9-14(25)6-7-19(13,2)21(15,23)17(26)10-20(16,3)22(12,28)18(27)11-24;1-2-3-4-5-6(7)8/h6-7,9,12,15-17,24,26,28H,4-5,8,10-11H2,1-3H3;2-5H2,1H3,(H,7,8)/t12-,15+,16+,17+,19+,20+,21+,22+;/m1./s1. The van der Waals surface area contributed by atoms with Gasteiger partial charge in [-0.25, -0.2) is 4.39 Å². The van der Waals surface area contributed by atoms with E-state index >= 15 is 4.39 Å². The Morgan fingerprint density at radius 3 is 2.44 bits per heavy atom. The van der Waals surface area contributed by atoms with E-state index in [0.29, 0.717) is 31.3 Å². The first-order valence-corrected chi connectivity index (χ1v) is 13.1. The van der Waals surface area contributed by atoms with Gasteiger partial charge in [0.1, 0.15) is 12.2 Å². The first-order valence-electron chi connectivity index (χ1n) is 13.1. The number of aliphatic hydroxyl groups is 3. The maximum atomic E-state index is 16.9. The van der Waals surface area contributed by atoms with Gasteiger partial charge in [0.15, 0.2) is 17.2 Å². The summed E-state index contributed by atoms with van der Waals surface area (Å²) in [6.07, 6.45) is 7.72. The molecule has 0 unspecified atom stereocenters. The molecule has 0 heterocycles. The molecule has 3 saturated carbocycles. The number of ketones is 2. The number of carboxylic acids is 1. The molecule has 4 aliphatic rings. The second kappa shape index (κ2) is 10.1. The van der Waals surface area contributed by atoms with Gasteiger partial charge in [0.2, 0.25) is 0 Å². The Kier molecular flexibility index (Phi) is 8.05. The number of carbonyl (C=O) groups is 3. The number of halogens is 1. The van der Waals surface area contributed by atoms with Crippen molar-refractivity contribution in [3.8, 4) is 0 Å². The highest BCUT2D eigenvalue weighted by Crippen LogP contribution is 2.70. The third-order valence-electron chi connectivity index (χ3n) is 9.79. The van der Waals surface area contributed by atoms with Crippen LogP contribution in [0.1, 0.15) is 79.1 Å². The van der Waals surface area contributed by atoms with E-state index in [2.05, 4.69) is 6.92 Å². The predicted molar refractivity (Wildman–Crippen MR) is 132 cm³/mol. The van der Waals surface area contributed by atoms with Crippen LogP contribution in [0.3, 0.4) is 0 Å². The maximum absolute atomic E-state index is 16.9. The summed E-state index contributed by atoms with van der Waals surface area (Å²) >= 11 is 0. The van der Waals surface area contributed by atoms with E-state index in [-0.39, 0.29) is 18.1 Å². The van der Waals surface area contributed by atoms with Crippen molar-refractivity contribution in [3.05, 3.63) is 23.8 Å². The number of hydrogen-bond donors (Lipinski definition) is 4. The van der Waals surface area contributed by atoms with Gasteiger partial charge >= 0.3 is 5.97 Å². The quantitative estimate of drug-likeness (QED) is 0.404. The van der Waals surface area contributed by atoms with Crippen LogP contribution in [-0.2, 0) is 14.4 Å². The van der Waals surface area contributed by atoms with Gasteiger partial charge in [-0.05, 0) is 63.0 Å². The molecular weight excluding hydrogens is 467 g/mol. The van der Waals surface area contributed by atoms with Crippen molar-refractivity contribution in [1.29, 1.82) is 0 Å². The average Bonchev–Trinajstić information content (AvgIpc) is 3.02. The fourth-order valence-corrected chi connectivity index (χ4v) is 7.79. The van der Waals surface area contributed by atoms with Gasteiger partial charge in [-0.1, -0.05) is 45.3 Å². The highest BCUT2D eigenvalue weighted by molar-refractivity contribution is 6.01. The Hall–Kier alpha value is -1.90. The number of rotatable bonds is 6. The third-order valence-corrected chi connectivity index (χ3v) is 9.79. The van der Waals surface area contributed by atoms with Crippen molar-refractivity contribution in [2.45, 2.75) is 96.4 Å². The van der Waals surface area contributed by atoms with E-state index in [1.165, 1.54) is 12.2 Å². The van der Waals surface area contributed by atoms with E-state index in [9.17, 15) is 29.7 Å². The number of alkyl halides is 1. The summed E-state index contributed by atoms with van der Waals surface area (Å²) < 4.78 is 16.9. The maximum Gasteiger partial charge on any atom is 0.303 e. The number of carboxylic acid groups (broad SMARTS) is 1. The predicted octanol–water partition coefficient (Wildman–Crippen LogP) is 3.55. The monoisotopic (exact) mass is 508 g/mol. The number of allylic oxidation sites excluding steroid dienone is 4. The zero-order valence-corrected chi connectivity index (χ0v) is 21.8. The molecule has 4 N–H and O–H groups in total. The number of hydrogen-bond acceptors (Lipinski definition) is 6. The van der Waals surface area contributed by atoms with Gasteiger partial charge in [-0.3, -0.25) is 14.4 Å². The lowest BCUT2D eigenvalue weighted by molar-refractivity contribution is -0.219. The lowest BCUT2D eigenvalue weighted by atomic mass is 9.44. The molecule has 0 bridgehead atoms. The van der Waals surface area contributed by atoms with Crippen molar-refractivity contribution in [3.63, 3.8) is 0 Å². The van der Waals surface area contributed by atoms with Crippen molar-refractivity contribution < 1.29 is 39.2 Å². The molecule has 3 fully saturated rings. The molecular formula is C28H41FO7. The molecule has 8 atom stereocenters. The first-order chi connectivity index (χ1) is 16.7. The fourth-order valence-electron chi connectivity index (χ4n) is 7.79. The van der Waals surface area contributed by atoms with E-state index in [4.69, 9.17) is 5.11 Å². The molecule has 0 aromatic heterocycles. The molecule has 36 heavy (non-hydrogen) atoms. The largest absolute Gasteiger partial charge is 0.481 e. The molecule has 202 valence electrons. The van der Waals surface area contributed by atoms with Crippen molar-refractivity contribution in [1.82, 2.24) is 0 Å².